The Labute approximate surface area is 122 Å². The number of alkyl halides is 2. The van der Waals surface area contributed by atoms with Gasteiger partial charge in [-0.25, -0.2) is 13.6 Å². The topological polar surface area (TPSA) is 52.7 Å². The molecule has 0 amide bonds. The molecule has 110 valence electrons. The molecule has 0 spiro atoms. The van der Waals surface area contributed by atoms with E-state index in [0.29, 0.717) is 22.1 Å². The lowest BCUT2D eigenvalue weighted by molar-refractivity contribution is 0.126. The molecule has 0 radical (unpaired) electrons. The molecular formula is C13H11ClF2N4O. The zero-order valence-corrected chi connectivity index (χ0v) is 12.0. The number of hydrogen-bond donors (Lipinski definition) is 0. The molecule has 1 aromatic carbocycles. The number of imidazole rings is 1. The van der Waals surface area contributed by atoms with Crippen LogP contribution < -0.4 is 5.69 Å². The molecule has 0 aliphatic rings. The van der Waals surface area contributed by atoms with Crippen molar-refractivity contribution in [3.8, 4) is 0 Å². The zero-order chi connectivity index (χ0) is 15.3. The third-order valence-corrected chi connectivity index (χ3v) is 3.78. The minimum Gasteiger partial charge on any atom is -0.295 e. The molecule has 21 heavy (non-hydrogen) atoms. The second-order valence-electron chi connectivity index (χ2n) is 4.81. The van der Waals surface area contributed by atoms with E-state index in [1.165, 1.54) is 4.57 Å². The van der Waals surface area contributed by atoms with E-state index in [1.54, 1.807) is 26.1 Å². The van der Waals surface area contributed by atoms with Gasteiger partial charge in [0.2, 0.25) is 0 Å². The lowest BCUT2D eigenvalue weighted by Gasteiger charge is -2.05. The maximum atomic E-state index is 12.7. The molecule has 0 saturated heterocycles. The molecule has 0 saturated carbocycles. The SMILES string of the molecule is Cc1nnc(Cl)c2cc3c(cc12)n(C)c(=O)n3CC(F)F. The van der Waals surface area contributed by atoms with Crippen LogP contribution in [0.4, 0.5) is 8.78 Å². The molecule has 0 aliphatic heterocycles. The maximum Gasteiger partial charge on any atom is 0.329 e. The summed E-state index contributed by atoms with van der Waals surface area (Å²) in [4.78, 5) is 12.1. The van der Waals surface area contributed by atoms with Gasteiger partial charge in [0, 0.05) is 17.8 Å². The van der Waals surface area contributed by atoms with Crippen LogP contribution in [0.15, 0.2) is 16.9 Å². The molecule has 0 atom stereocenters. The van der Waals surface area contributed by atoms with Crippen LogP contribution >= 0.6 is 11.6 Å². The van der Waals surface area contributed by atoms with Crippen LogP contribution in [0.1, 0.15) is 5.69 Å². The molecule has 0 fully saturated rings. The highest BCUT2D eigenvalue weighted by Gasteiger charge is 2.17. The van der Waals surface area contributed by atoms with Crippen molar-refractivity contribution in [3.63, 3.8) is 0 Å². The molecule has 8 heteroatoms. The van der Waals surface area contributed by atoms with Gasteiger partial charge in [0.15, 0.2) is 5.15 Å². The summed E-state index contributed by atoms with van der Waals surface area (Å²) >= 11 is 6.02. The monoisotopic (exact) mass is 312 g/mol. The summed E-state index contributed by atoms with van der Waals surface area (Å²) in [6.45, 7) is 1.11. The number of rotatable bonds is 2. The molecule has 2 heterocycles. The van der Waals surface area contributed by atoms with Gasteiger partial charge in [0.1, 0.15) is 0 Å². The van der Waals surface area contributed by atoms with Crippen molar-refractivity contribution in [2.24, 2.45) is 7.05 Å². The highest BCUT2D eigenvalue weighted by atomic mass is 35.5. The van der Waals surface area contributed by atoms with Gasteiger partial charge in [0.25, 0.3) is 6.43 Å². The number of hydrogen-bond acceptors (Lipinski definition) is 3. The molecule has 0 bridgehead atoms. The summed E-state index contributed by atoms with van der Waals surface area (Å²) in [7, 11) is 1.55. The lowest BCUT2D eigenvalue weighted by atomic mass is 10.1. The third kappa shape index (κ3) is 2.08. The fourth-order valence-electron chi connectivity index (χ4n) is 2.46. The van der Waals surface area contributed by atoms with E-state index in [4.69, 9.17) is 11.6 Å². The number of aryl methyl sites for hydroxylation is 2. The molecule has 3 rings (SSSR count). The van der Waals surface area contributed by atoms with E-state index in [0.717, 1.165) is 9.95 Å². The molecular weight excluding hydrogens is 302 g/mol. The minimum atomic E-state index is -2.61. The number of halogens is 3. The molecule has 0 unspecified atom stereocenters. The van der Waals surface area contributed by atoms with Gasteiger partial charge in [-0.1, -0.05) is 11.6 Å². The standard InChI is InChI=1S/C13H11ClF2N4O/c1-6-7-3-9-10(4-8(7)12(14)18-17-6)20(5-11(15)16)13(21)19(9)2/h3-4,11H,5H2,1-2H3. The van der Waals surface area contributed by atoms with Gasteiger partial charge < -0.3 is 0 Å². The number of aromatic nitrogens is 4. The van der Waals surface area contributed by atoms with Crippen LogP contribution in [0.2, 0.25) is 5.15 Å². The Hall–Kier alpha value is -2.02. The average molecular weight is 313 g/mol. The Bertz CT molecular complexity index is 916. The number of fused-ring (bicyclic) bond motifs is 2. The normalized spacial score (nSPS) is 11.9. The van der Waals surface area contributed by atoms with Crippen LogP contribution in [0.25, 0.3) is 21.8 Å². The van der Waals surface area contributed by atoms with Crippen molar-refractivity contribution in [1.82, 2.24) is 19.3 Å². The smallest absolute Gasteiger partial charge is 0.295 e. The summed E-state index contributed by atoms with van der Waals surface area (Å²) in [5.74, 6) is 0. The largest absolute Gasteiger partial charge is 0.329 e. The second kappa shape index (κ2) is 4.77. The zero-order valence-electron chi connectivity index (χ0n) is 11.3. The van der Waals surface area contributed by atoms with Crippen molar-refractivity contribution in [1.29, 1.82) is 0 Å². The quantitative estimate of drug-likeness (QED) is 0.730. The average Bonchev–Trinajstić information content (AvgIpc) is 2.66. The summed E-state index contributed by atoms with van der Waals surface area (Å²) < 4.78 is 27.7. The first-order valence-electron chi connectivity index (χ1n) is 6.20. The van der Waals surface area contributed by atoms with Crippen LogP contribution in [-0.2, 0) is 13.6 Å². The van der Waals surface area contributed by atoms with Gasteiger partial charge in [-0.05, 0) is 19.1 Å². The fourth-order valence-corrected chi connectivity index (χ4v) is 2.65. The highest BCUT2D eigenvalue weighted by Crippen LogP contribution is 2.27. The van der Waals surface area contributed by atoms with E-state index in [2.05, 4.69) is 10.2 Å². The van der Waals surface area contributed by atoms with Gasteiger partial charge in [-0.3, -0.25) is 9.13 Å². The molecule has 2 aromatic heterocycles. The Kier molecular flexibility index (Phi) is 3.16. The Balaban J connectivity index is 2.46. The molecule has 3 aromatic rings. The molecule has 0 N–H and O–H groups in total. The second-order valence-corrected chi connectivity index (χ2v) is 5.16. The number of nitrogens with zero attached hydrogens (tertiary/aromatic N) is 4. The van der Waals surface area contributed by atoms with Gasteiger partial charge in [-0.15, -0.1) is 5.10 Å². The van der Waals surface area contributed by atoms with Crippen LogP contribution in [0.5, 0.6) is 0 Å². The predicted octanol–water partition coefficient (Wildman–Crippen LogP) is 2.51. The maximum absolute atomic E-state index is 12.7. The first kappa shape index (κ1) is 13.9. The van der Waals surface area contributed by atoms with Gasteiger partial charge in [0.05, 0.1) is 23.3 Å². The predicted molar refractivity (Wildman–Crippen MR) is 76.0 cm³/mol. The van der Waals surface area contributed by atoms with Crippen LogP contribution in [-0.4, -0.2) is 25.8 Å². The van der Waals surface area contributed by atoms with Gasteiger partial charge in [-0.2, -0.15) is 5.10 Å². The van der Waals surface area contributed by atoms with Crippen molar-refractivity contribution in [2.45, 2.75) is 19.9 Å². The number of benzene rings is 1. The van der Waals surface area contributed by atoms with Crippen molar-refractivity contribution >= 4 is 33.4 Å². The lowest BCUT2D eigenvalue weighted by Crippen LogP contribution is -2.24. The molecule has 5 nitrogen and oxygen atoms in total. The van der Waals surface area contributed by atoms with E-state index in [-0.39, 0.29) is 5.15 Å². The highest BCUT2D eigenvalue weighted by molar-refractivity contribution is 6.34. The van der Waals surface area contributed by atoms with Crippen molar-refractivity contribution in [2.75, 3.05) is 0 Å². The Morgan fingerprint density at radius 1 is 1.24 bits per heavy atom. The first-order valence-corrected chi connectivity index (χ1v) is 6.58. The summed E-state index contributed by atoms with van der Waals surface area (Å²) in [5.41, 5.74) is 1.13. The van der Waals surface area contributed by atoms with Crippen molar-refractivity contribution < 1.29 is 8.78 Å². The van der Waals surface area contributed by atoms with Crippen LogP contribution in [0, 0.1) is 6.92 Å². The van der Waals surface area contributed by atoms with Gasteiger partial charge >= 0.3 is 5.69 Å². The minimum absolute atomic E-state index is 0.178. The van der Waals surface area contributed by atoms with Crippen molar-refractivity contribution in [3.05, 3.63) is 33.5 Å². The van der Waals surface area contributed by atoms with E-state index in [9.17, 15) is 13.6 Å². The first-order chi connectivity index (χ1) is 9.90. The fraction of sp³-hybridized carbons (Fsp3) is 0.308. The summed E-state index contributed by atoms with van der Waals surface area (Å²) in [6.07, 6.45) is -2.61. The summed E-state index contributed by atoms with van der Waals surface area (Å²) in [6, 6.07) is 3.34. The third-order valence-electron chi connectivity index (χ3n) is 3.51. The summed E-state index contributed by atoms with van der Waals surface area (Å²) in [5, 5.41) is 9.24. The molecule has 0 aliphatic carbocycles. The van der Waals surface area contributed by atoms with E-state index in [1.807, 2.05) is 0 Å². The van der Waals surface area contributed by atoms with Crippen LogP contribution in [0.3, 0.4) is 0 Å². The Morgan fingerprint density at radius 3 is 2.57 bits per heavy atom. The Morgan fingerprint density at radius 2 is 1.90 bits per heavy atom. The van der Waals surface area contributed by atoms with E-state index >= 15 is 0 Å². The van der Waals surface area contributed by atoms with E-state index < -0.39 is 18.7 Å².